The van der Waals surface area contributed by atoms with Crippen LogP contribution in [0.1, 0.15) is 31.4 Å². The number of ether oxygens (including phenoxy) is 2. The fourth-order valence-corrected chi connectivity index (χ4v) is 3.70. The zero-order valence-corrected chi connectivity index (χ0v) is 20.3. The summed E-state index contributed by atoms with van der Waals surface area (Å²) in [6.45, 7) is 3.90. The fourth-order valence-electron chi connectivity index (χ4n) is 3.15. The van der Waals surface area contributed by atoms with Crippen LogP contribution in [0.4, 0.5) is 4.79 Å². The van der Waals surface area contributed by atoms with Crippen LogP contribution in [0.3, 0.4) is 0 Å². The maximum atomic E-state index is 13.0. The van der Waals surface area contributed by atoms with Gasteiger partial charge in [-0.05, 0) is 35.6 Å². The Balaban J connectivity index is 2.09. The Morgan fingerprint density at radius 1 is 0.909 bits per heavy atom. The lowest BCUT2D eigenvalue weighted by Gasteiger charge is -2.23. The number of alkyl carbamates (subject to hydrolysis) is 1. The number of nitrogens with one attached hydrogen (secondary N) is 2. The molecule has 0 saturated carbocycles. The van der Waals surface area contributed by atoms with E-state index in [1.807, 2.05) is 44.2 Å². The Labute approximate surface area is 203 Å². The third-order valence-corrected chi connectivity index (χ3v) is 5.51. The van der Waals surface area contributed by atoms with Crippen molar-refractivity contribution in [2.24, 2.45) is 5.92 Å². The molecule has 0 unspecified atom stereocenters. The van der Waals surface area contributed by atoms with Crippen LogP contribution in [0, 0.1) is 5.92 Å². The van der Waals surface area contributed by atoms with Crippen molar-refractivity contribution in [1.29, 1.82) is 0 Å². The monoisotopic (exact) mass is 494 g/mol. The van der Waals surface area contributed by atoms with Gasteiger partial charge in [-0.1, -0.05) is 73.4 Å². The second kappa shape index (κ2) is 13.1. The van der Waals surface area contributed by atoms with Gasteiger partial charge in [-0.25, -0.2) is 9.59 Å². The van der Waals surface area contributed by atoms with Crippen LogP contribution in [0.15, 0.2) is 48.5 Å². The first-order valence-corrected chi connectivity index (χ1v) is 11.2. The quantitative estimate of drug-likeness (QED) is 0.473. The molecule has 0 aliphatic carbocycles. The van der Waals surface area contributed by atoms with E-state index in [2.05, 4.69) is 10.6 Å². The van der Waals surface area contributed by atoms with Crippen molar-refractivity contribution in [3.8, 4) is 0 Å². The molecule has 0 bridgehead atoms. The summed E-state index contributed by atoms with van der Waals surface area (Å²) in [6, 6.07) is 12.2. The summed E-state index contributed by atoms with van der Waals surface area (Å²) < 4.78 is 10.1. The average Bonchev–Trinajstić information content (AvgIpc) is 2.78. The number of carbonyl (C=O) groups is 3. The number of hydrogen-bond donors (Lipinski definition) is 2. The van der Waals surface area contributed by atoms with Crippen molar-refractivity contribution < 1.29 is 23.9 Å². The van der Waals surface area contributed by atoms with Gasteiger partial charge in [0.05, 0.1) is 7.11 Å². The highest BCUT2D eigenvalue weighted by Gasteiger charge is 2.29. The van der Waals surface area contributed by atoms with Gasteiger partial charge < -0.3 is 20.1 Å². The summed E-state index contributed by atoms with van der Waals surface area (Å²) in [7, 11) is 1.22. The van der Waals surface area contributed by atoms with Crippen molar-refractivity contribution >= 4 is 41.2 Å². The molecule has 33 heavy (non-hydrogen) atoms. The van der Waals surface area contributed by atoms with Crippen LogP contribution < -0.4 is 10.6 Å². The number of halogens is 2. The average molecular weight is 495 g/mol. The summed E-state index contributed by atoms with van der Waals surface area (Å²) in [5, 5.41) is 5.98. The Kier molecular flexibility index (Phi) is 10.5. The molecule has 0 saturated heterocycles. The van der Waals surface area contributed by atoms with Gasteiger partial charge in [0.1, 0.15) is 18.7 Å². The van der Waals surface area contributed by atoms with E-state index < -0.39 is 30.1 Å². The zero-order valence-electron chi connectivity index (χ0n) is 18.8. The van der Waals surface area contributed by atoms with Crippen molar-refractivity contribution in [1.82, 2.24) is 10.6 Å². The first-order valence-electron chi connectivity index (χ1n) is 10.5. The molecule has 7 nitrogen and oxygen atoms in total. The largest absolute Gasteiger partial charge is 0.467 e. The molecule has 0 aromatic heterocycles. The topological polar surface area (TPSA) is 93.7 Å². The van der Waals surface area contributed by atoms with Gasteiger partial charge in [0.25, 0.3) is 0 Å². The van der Waals surface area contributed by atoms with Crippen molar-refractivity contribution in [3.05, 3.63) is 69.7 Å². The number of hydrogen-bond acceptors (Lipinski definition) is 5. The molecule has 0 spiro atoms. The van der Waals surface area contributed by atoms with Crippen molar-refractivity contribution in [2.75, 3.05) is 7.11 Å². The maximum absolute atomic E-state index is 13.0. The van der Waals surface area contributed by atoms with Crippen molar-refractivity contribution in [2.45, 2.75) is 45.4 Å². The van der Waals surface area contributed by atoms with Crippen molar-refractivity contribution in [3.63, 3.8) is 0 Å². The van der Waals surface area contributed by atoms with Gasteiger partial charge in [-0.3, -0.25) is 4.79 Å². The normalized spacial score (nSPS) is 12.5. The Bertz CT molecular complexity index is 933. The minimum absolute atomic E-state index is 0.0315. The molecule has 2 rings (SSSR count). The SMILES string of the molecule is COC(=O)[C@H](Cc1c(Cl)cccc1Cl)NC(=O)[C@H](CC(C)C)NC(=O)OCc1ccccc1. The molecule has 2 atom stereocenters. The highest BCUT2D eigenvalue weighted by Crippen LogP contribution is 2.25. The molecule has 0 aliphatic heterocycles. The number of amides is 2. The predicted molar refractivity (Wildman–Crippen MR) is 127 cm³/mol. The lowest BCUT2D eigenvalue weighted by Crippen LogP contribution is -2.53. The molecule has 2 amide bonds. The van der Waals surface area contributed by atoms with Gasteiger partial charge >= 0.3 is 12.1 Å². The van der Waals surface area contributed by atoms with E-state index in [-0.39, 0.29) is 18.9 Å². The van der Waals surface area contributed by atoms with Crippen LogP contribution in [0.5, 0.6) is 0 Å². The number of carbonyl (C=O) groups excluding carboxylic acids is 3. The van der Waals surface area contributed by atoms with E-state index in [9.17, 15) is 14.4 Å². The molecule has 9 heteroatoms. The van der Waals surface area contributed by atoms with E-state index >= 15 is 0 Å². The smallest absolute Gasteiger partial charge is 0.408 e. The maximum Gasteiger partial charge on any atom is 0.408 e. The van der Waals surface area contributed by atoms with Gasteiger partial charge in [0.15, 0.2) is 0 Å². The third-order valence-electron chi connectivity index (χ3n) is 4.80. The molecule has 0 aliphatic rings. The first-order chi connectivity index (χ1) is 15.7. The second-order valence-corrected chi connectivity index (χ2v) is 8.69. The Morgan fingerprint density at radius 3 is 2.12 bits per heavy atom. The molecule has 2 aromatic rings. The fraction of sp³-hybridized carbons (Fsp3) is 0.375. The molecule has 0 radical (unpaired) electrons. The summed E-state index contributed by atoms with van der Waals surface area (Å²) >= 11 is 12.4. The van der Waals surface area contributed by atoms with E-state index in [4.69, 9.17) is 32.7 Å². The highest BCUT2D eigenvalue weighted by atomic mass is 35.5. The Hall–Kier alpha value is -2.77. The second-order valence-electron chi connectivity index (χ2n) is 7.88. The highest BCUT2D eigenvalue weighted by molar-refractivity contribution is 6.36. The van der Waals surface area contributed by atoms with E-state index in [0.717, 1.165) is 5.56 Å². The standard InChI is InChI=1S/C24H28Cl2N2O5/c1-15(2)12-20(28-24(31)33-14-16-8-5-4-6-9-16)22(29)27-21(23(30)32-3)13-17-18(25)10-7-11-19(17)26/h4-11,15,20-21H,12-14H2,1-3H3,(H,27,29)(H,28,31)/t20-,21-/m0/s1. The van der Waals surface area contributed by atoms with E-state index in [1.54, 1.807) is 18.2 Å². The molecule has 2 N–H and O–H groups in total. The Morgan fingerprint density at radius 2 is 1.55 bits per heavy atom. The van der Waals surface area contributed by atoms with Crippen LogP contribution in [0.2, 0.25) is 10.0 Å². The summed E-state index contributed by atoms with van der Waals surface area (Å²) in [4.78, 5) is 37.7. The first kappa shape index (κ1) is 26.5. The molecule has 0 fully saturated rings. The van der Waals surface area contributed by atoms with Crippen LogP contribution in [0.25, 0.3) is 0 Å². The summed E-state index contributed by atoms with van der Waals surface area (Å²) in [6.07, 6.45) is -0.361. The molecular formula is C24H28Cl2N2O5. The minimum Gasteiger partial charge on any atom is -0.467 e. The number of benzene rings is 2. The zero-order chi connectivity index (χ0) is 24.4. The van der Waals surface area contributed by atoms with Gasteiger partial charge in [0, 0.05) is 16.5 Å². The van der Waals surface area contributed by atoms with Crippen LogP contribution in [-0.2, 0) is 32.1 Å². The molecule has 0 heterocycles. The van der Waals surface area contributed by atoms with E-state index in [0.29, 0.717) is 22.0 Å². The minimum atomic E-state index is -1.04. The van der Waals surface area contributed by atoms with E-state index in [1.165, 1.54) is 7.11 Å². The molecular weight excluding hydrogens is 467 g/mol. The van der Waals surface area contributed by atoms with Gasteiger partial charge in [-0.2, -0.15) is 0 Å². The van der Waals surface area contributed by atoms with Crippen LogP contribution in [-0.4, -0.2) is 37.2 Å². The summed E-state index contributed by atoms with van der Waals surface area (Å²) in [5.41, 5.74) is 1.33. The predicted octanol–water partition coefficient (Wildman–Crippen LogP) is 4.53. The summed E-state index contributed by atoms with van der Waals surface area (Å²) in [5.74, 6) is -1.11. The van der Waals surface area contributed by atoms with Gasteiger partial charge in [0.2, 0.25) is 5.91 Å². The number of esters is 1. The number of methoxy groups -OCH3 is 1. The molecule has 178 valence electrons. The lowest BCUT2D eigenvalue weighted by molar-refractivity contribution is -0.145. The van der Waals surface area contributed by atoms with Crippen LogP contribution >= 0.6 is 23.2 Å². The lowest BCUT2D eigenvalue weighted by atomic mass is 10.0. The molecule has 2 aromatic carbocycles. The third kappa shape index (κ3) is 8.59. The van der Waals surface area contributed by atoms with Gasteiger partial charge in [-0.15, -0.1) is 0 Å². The number of rotatable bonds is 10.